The third-order valence-corrected chi connectivity index (χ3v) is 14.6. The molecule has 0 radical (unpaired) electrons. The molecule has 0 spiro atoms. The Labute approximate surface area is 385 Å². The van der Waals surface area contributed by atoms with Gasteiger partial charge in [-0.05, 0) is 117 Å². The second-order valence-electron chi connectivity index (χ2n) is 19.0. The van der Waals surface area contributed by atoms with Gasteiger partial charge in [-0.25, -0.2) is 9.97 Å². The van der Waals surface area contributed by atoms with Crippen LogP contribution in [-0.2, 0) is 10.8 Å². The van der Waals surface area contributed by atoms with Crippen molar-refractivity contribution in [2.75, 3.05) is 9.80 Å². The molecular formula is C62H46N4. The summed E-state index contributed by atoms with van der Waals surface area (Å²) in [4.78, 5) is 15.9. The van der Waals surface area contributed by atoms with Crippen molar-refractivity contribution in [3.8, 4) is 22.5 Å². The van der Waals surface area contributed by atoms with Gasteiger partial charge in [-0.3, -0.25) is 0 Å². The SMILES string of the molecule is CC1(C)c2ccccc2N(c2ccc3c(-c4ccc5ccccc5n4)c4cc(N5c6ccccc6C(C)(C)c6ccccc65)ccc4c(-c4ccc5ccccc5n4)c3c2)c2ccccc21. The minimum atomic E-state index is -0.172. The van der Waals surface area contributed by atoms with Crippen LogP contribution < -0.4 is 9.80 Å². The molecule has 4 heteroatoms. The zero-order valence-corrected chi connectivity index (χ0v) is 37.4. The zero-order valence-electron chi connectivity index (χ0n) is 37.4. The molecule has 0 atom stereocenters. The first kappa shape index (κ1) is 38.4. The Morgan fingerprint density at radius 3 is 1.03 bits per heavy atom. The first-order valence-corrected chi connectivity index (χ1v) is 23.0. The lowest BCUT2D eigenvalue weighted by atomic mass is 9.73. The van der Waals surface area contributed by atoms with Gasteiger partial charge in [0.15, 0.2) is 0 Å². The van der Waals surface area contributed by atoms with Gasteiger partial charge in [-0.15, -0.1) is 0 Å². The highest BCUT2D eigenvalue weighted by molar-refractivity contribution is 6.22. The fourth-order valence-corrected chi connectivity index (χ4v) is 11.3. The van der Waals surface area contributed by atoms with E-state index in [1.165, 1.54) is 45.0 Å². The van der Waals surface area contributed by atoms with Crippen molar-refractivity contribution in [3.63, 3.8) is 0 Å². The minimum Gasteiger partial charge on any atom is -0.310 e. The van der Waals surface area contributed by atoms with Gasteiger partial charge in [0.25, 0.3) is 0 Å². The highest BCUT2D eigenvalue weighted by atomic mass is 15.2. The first-order chi connectivity index (χ1) is 32.3. The number of hydrogen-bond donors (Lipinski definition) is 0. The molecule has 0 amide bonds. The number of anilines is 6. The lowest BCUT2D eigenvalue weighted by molar-refractivity contribution is 0.632. The highest BCUT2D eigenvalue weighted by Gasteiger charge is 2.38. The molecule has 314 valence electrons. The smallest absolute Gasteiger partial charge is 0.0722 e. The Bertz CT molecular complexity index is 3460. The fourth-order valence-electron chi connectivity index (χ4n) is 11.3. The summed E-state index contributed by atoms with van der Waals surface area (Å²) in [6.45, 7) is 9.38. The molecule has 0 aliphatic carbocycles. The quantitative estimate of drug-likeness (QED) is 0.165. The van der Waals surface area contributed by atoms with E-state index in [9.17, 15) is 0 Å². The lowest BCUT2D eigenvalue weighted by Crippen LogP contribution is -2.30. The van der Waals surface area contributed by atoms with Crippen molar-refractivity contribution < 1.29 is 0 Å². The summed E-state index contributed by atoms with van der Waals surface area (Å²) >= 11 is 0. The molecular weight excluding hydrogens is 801 g/mol. The van der Waals surface area contributed by atoms with Crippen LogP contribution in [0.4, 0.5) is 34.1 Å². The summed E-state index contributed by atoms with van der Waals surface area (Å²) in [6, 6.07) is 75.4. The Morgan fingerprint density at radius 2 is 0.652 bits per heavy atom. The molecule has 0 fully saturated rings. The highest BCUT2D eigenvalue weighted by Crippen LogP contribution is 2.55. The molecule has 2 aliphatic rings. The van der Waals surface area contributed by atoms with Gasteiger partial charge in [0.1, 0.15) is 0 Å². The third-order valence-electron chi connectivity index (χ3n) is 14.6. The van der Waals surface area contributed by atoms with Crippen LogP contribution in [-0.4, -0.2) is 9.97 Å². The number of rotatable bonds is 4. The Kier molecular flexibility index (Phi) is 8.26. The fraction of sp³-hybridized carbons (Fsp3) is 0.0968. The third kappa shape index (κ3) is 5.58. The van der Waals surface area contributed by atoms with Crippen LogP contribution in [0.1, 0.15) is 49.9 Å². The van der Waals surface area contributed by atoms with E-state index >= 15 is 0 Å². The molecule has 4 nitrogen and oxygen atoms in total. The number of nitrogens with zero attached hydrogens (tertiary/aromatic N) is 4. The molecule has 0 N–H and O–H groups in total. The van der Waals surface area contributed by atoms with Gasteiger partial charge in [-0.1, -0.05) is 161 Å². The predicted octanol–water partition coefficient (Wildman–Crippen LogP) is 16.6. The first-order valence-electron chi connectivity index (χ1n) is 23.0. The standard InChI is InChI=1S/C62H46N4/c1-61(2)47-19-7-13-25-55(47)65(56-26-14-8-20-48(56)61)41-31-33-43-45(37-41)59(53-35-29-39-17-5-11-23-51(39)63-53)44-34-32-42(38-46(44)60(43)54-36-30-40-18-6-12-24-52(40)64-54)66-57-27-15-9-21-49(57)62(3,4)50-22-10-16-28-58(50)66/h5-38H,1-4H3. The summed E-state index contributed by atoms with van der Waals surface area (Å²) in [5, 5.41) is 6.71. The minimum absolute atomic E-state index is 0.172. The normalized spacial score (nSPS) is 14.5. The summed E-state index contributed by atoms with van der Waals surface area (Å²) in [5.74, 6) is 0. The van der Waals surface area contributed by atoms with Crippen molar-refractivity contribution >= 4 is 77.5 Å². The molecule has 0 saturated heterocycles. The predicted molar refractivity (Wildman–Crippen MR) is 277 cm³/mol. The van der Waals surface area contributed by atoms with Crippen LogP contribution in [0.3, 0.4) is 0 Å². The van der Waals surface area contributed by atoms with E-state index in [0.717, 1.165) is 77.2 Å². The number of aromatic nitrogens is 2. The second-order valence-corrected chi connectivity index (χ2v) is 19.0. The van der Waals surface area contributed by atoms with Crippen molar-refractivity contribution in [3.05, 3.63) is 229 Å². The molecule has 9 aromatic carbocycles. The van der Waals surface area contributed by atoms with Crippen LogP contribution in [0.25, 0.3) is 65.9 Å². The maximum atomic E-state index is 5.47. The Morgan fingerprint density at radius 1 is 0.318 bits per heavy atom. The number of hydrogen-bond acceptors (Lipinski definition) is 4. The number of benzene rings is 9. The van der Waals surface area contributed by atoms with Crippen LogP contribution in [0.2, 0.25) is 0 Å². The number of fused-ring (bicyclic) bond motifs is 8. The van der Waals surface area contributed by atoms with Crippen molar-refractivity contribution in [2.45, 2.75) is 38.5 Å². The van der Waals surface area contributed by atoms with Gasteiger partial charge in [0.2, 0.25) is 0 Å². The van der Waals surface area contributed by atoms with Crippen LogP contribution >= 0.6 is 0 Å². The van der Waals surface area contributed by atoms with Crippen LogP contribution in [0, 0.1) is 0 Å². The van der Waals surface area contributed by atoms with E-state index in [0.29, 0.717) is 0 Å². The van der Waals surface area contributed by atoms with Gasteiger partial charge >= 0.3 is 0 Å². The van der Waals surface area contributed by atoms with E-state index in [2.05, 4.69) is 244 Å². The summed E-state index contributed by atoms with van der Waals surface area (Å²) in [7, 11) is 0. The van der Waals surface area contributed by atoms with Crippen LogP contribution in [0.15, 0.2) is 206 Å². The molecule has 4 heterocycles. The Balaban J connectivity index is 1.15. The van der Waals surface area contributed by atoms with Gasteiger partial charge < -0.3 is 9.80 Å². The second kappa shape index (κ2) is 14.2. The topological polar surface area (TPSA) is 32.3 Å². The number of para-hydroxylation sites is 6. The molecule has 0 unspecified atom stereocenters. The van der Waals surface area contributed by atoms with Crippen molar-refractivity contribution in [2.24, 2.45) is 0 Å². The van der Waals surface area contributed by atoms with E-state index in [-0.39, 0.29) is 10.8 Å². The molecule has 0 bridgehead atoms. The number of pyridine rings is 2. The Hall–Kier alpha value is -8.08. The largest absolute Gasteiger partial charge is 0.310 e. The van der Waals surface area contributed by atoms with Crippen molar-refractivity contribution in [1.82, 2.24) is 9.97 Å². The van der Waals surface area contributed by atoms with Gasteiger partial charge in [0, 0.05) is 44.1 Å². The van der Waals surface area contributed by atoms with E-state index in [4.69, 9.17) is 9.97 Å². The summed E-state index contributed by atoms with van der Waals surface area (Å²) in [6.07, 6.45) is 0. The van der Waals surface area contributed by atoms with Gasteiger partial charge in [0.05, 0.1) is 45.2 Å². The van der Waals surface area contributed by atoms with E-state index in [1.54, 1.807) is 0 Å². The average Bonchev–Trinajstić information content (AvgIpc) is 3.35. The van der Waals surface area contributed by atoms with Crippen molar-refractivity contribution in [1.29, 1.82) is 0 Å². The van der Waals surface area contributed by atoms with E-state index < -0.39 is 0 Å². The maximum absolute atomic E-state index is 5.47. The molecule has 11 aromatic rings. The monoisotopic (exact) mass is 846 g/mol. The van der Waals surface area contributed by atoms with E-state index in [1.807, 2.05) is 0 Å². The molecule has 13 rings (SSSR count). The molecule has 0 saturated carbocycles. The summed E-state index contributed by atoms with van der Waals surface area (Å²) < 4.78 is 0. The molecule has 2 aromatic heterocycles. The molecule has 2 aliphatic heterocycles. The maximum Gasteiger partial charge on any atom is 0.0722 e. The summed E-state index contributed by atoms with van der Waals surface area (Å²) in [5.41, 5.74) is 17.8. The zero-order chi connectivity index (χ0) is 44.3. The lowest BCUT2D eigenvalue weighted by Gasteiger charge is -2.42. The van der Waals surface area contributed by atoms with Gasteiger partial charge in [-0.2, -0.15) is 0 Å². The molecule has 66 heavy (non-hydrogen) atoms. The van der Waals surface area contributed by atoms with Crippen LogP contribution in [0.5, 0.6) is 0 Å². The average molecular weight is 847 g/mol.